The zero-order valence-corrected chi connectivity index (χ0v) is 21.7. The van der Waals surface area contributed by atoms with E-state index in [1.807, 2.05) is 36.4 Å². The van der Waals surface area contributed by atoms with Gasteiger partial charge in [0.15, 0.2) is 17.4 Å². The number of nitrogens with one attached hydrogen (secondary N) is 1. The third kappa shape index (κ3) is 5.03. The van der Waals surface area contributed by atoms with E-state index < -0.39 is 11.6 Å². The van der Waals surface area contributed by atoms with Crippen molar-refractivity contribution in [3.05, 3.63) is 94.9 Å². The van der Waals surface area contributed by atoms with Crippen LogP contribution in [0.4, 0.5) is 14.5 Å². The van der Waals surface area contributed by atoms with E-state index in [0.717, 1.165) is 46.4 Å². The fourth-order valence-corrected chi connectivity index (χ4v) is 4.88. The van der Waals surface area contributed by atoms with Crippen LogP contribution in [-0.2, 0) is 11.3 Å². The molecule has 0 saturated heterocycles. The number of aliphatic imine (C=N–C) groups is 1. The number of nitrogens with zero attached hydrogens (tertiary/aromatic N) is 3. The molecule has 0 saturated carbocycles. The Balaban J connectivity index is 1.59. The second-order valence-corrected chi connectivity index (χ2v) is 9.77. The molecule has 4 aromatic rings. The van der Waals surface area contributed by atoms with Gasteiger partial charge in [0.1, 0.15) is 6.61 Å². The van der Waals surface area contributed by atoms with Gasteiger partial charge in [-0.2, -0.15) is 0 Å². The fraction of sp³-hybridized carbons (Fsp3) is 0.300. The number of carbonyl (C=O) groups excluding carboxylic acids is 1. The summed E-state index contributed by atoms with van der Waals surface area (Å²) in [6.07, 6.45) is 2.66. The van der Waals surface area contributed by atoms with Gasteiger partial charge in [0, 0.05) is 40.2 Å². The molecule has 0 fully saturated rings. The number of hydrogen-bond donors (Lipinski definition) is 1. The normalized spacial score (nSPS) is 15.1. The standard InChI is InChI=1S/C30H30F2N4O2/c1-4-20-17-38-30(35-20)19-8-10-23-26(13-19)36(16-22-7-5-6-12-33-22)29(18(2)3)28(23)27(37)15-34-21-9-11-24(31)25(32)14-21/h5-14,18,20,34H,4,15-17H2,1-3H3/t20-/m0/s1. The predicted molar refractivity (Wildman–Crippen MR) is 145 cm³/mol. The number of halogens is 2. The lowest BCUT2D eigenvalue weighted by Gasteiger charge is -2.15. The third-order valence-corrected chi connectivity index (χ3v) is 6.78. The van der Waals surface area contributed by atoms with E-state index in [4.69, 9.17) is 9.73 Å². The molecular weight excluding hydrogens is 486 g/mol. The first-order valence-electron chi connectivity index (χ1n) is 12.8. The molecule has 2 aromatic heterocycles. The van der Waals surface area contributed by atoms with Crippen LogP contribution in [0.25, 0.3) is 10.9 Å². The maximum atomic E-state index is 13.7. The summed E-state index contributed by atoms with van der Waals surface area (Å²) < 4.78 is 35.1. The Morgan fingerprint density at radius 2 is 1.97 bits per heavy atom. The highest BCUT2D eigenvalue weighted by Gasteiger charge is 2.26. The van der Waals surface area contributed by atoms with Gasteiger partial charge in [0.2, 0.25) is 5.90 Å². The minimum atomic E-state index is -0.966. The lowest BCUT2D eigenvalue weighted by atomic mass is 9.99. The van der Waals surface area contributed by atoms with E-state index >= 15 is 0 Å². The van der Waals surface area contributed by atoms with Gasteiger partial charge in [-0.1, -0.05) is 32.9 Å². The molecule has 6 nitrogen and oxygen atoms in total. The number of anilines is 1. The van der Waals surface area contributed by atoms with Crippen LogP contribution >= 0.6 is 0 Å². The number of benzene rings is 2. The van der Waals surface area contributed by atoms with Gasteiger partial charge in [-0.15, -0.1) is 0 Å². The minimum Gasteiger partial charge on any atom is -0.475 e. The van der Waals surface area contributed by atoms with Gasteiger partial charge in [-0.25, -0.2) is 13.8 Å². The van der Waals surface area contributed by atoms with Gasteiger partial charge in [-0.05, 0) is 48.7 Å². The van der Waals surface area contributed by atoms with Gasteiger partial charge in [0.25, 0.3) is 0 Å². The van der Waals surface area contributed by atoms with E-state index in [-0.39, 0.29) is 24.3 Å². The number of aromatic nitrogens is 2. The first-order chi connectivity index (χ1) is 18.4. The molecule has 1 aliphatic heterocycles. The summed E-state index contributed by atoms with van der Waals surface area (Å²) in [5.74, 6) is -1.40. The molecule has 1 aliphatic rings. The SMILES string of the molecule is CC[C@H]1COC(c2ccc3c(C(=O)CNc4ccc(F)c(F)c4)c(C(C)C)n(Cc4ccccn4)c3c2)=N1. The van der Waals surface area contributed by atoms with Crippen molar-refractivity contribution in [2.45, 2.75) is 45.7 Å². The molecule has 0 radical (unpaired) electrons. The molecule has 2 aromatic carbocycles. The molecule has 38 heavy (non-hydrogen) atoms. The second kappa shape index (κ2) is 10.7. The Labute approximate surface area is 220 Å². The summed E-state index contributed by atoms with van der Waals surface area (Å²) in [4.78, 5) is 22.9. The van der Waals surface area contributed by atoms with E-state index in [1.165, 1.54) is 6.07 Å². The molecule has 1 N–H and O–H groups in total. The Morgan fingerprint density at radius 3 is 2.66 bits per heavy atom. The topological polar surface area (TPSA) is 68.5 Å². The maximum absolute atomic E-state index is 13.7. The molecule has 0 spiro atoms. The lowest BCUT2D eigenvalue weighted by Crippen LogP contribution is -2.17. The highest BCUT2D eigenvalue weighted by atomic mass is 19.2. The van der Waals surface area contributed by atoms with Gasteiger partial charge in [0.05, 0.1) is 30.3 Å². The molecule has 1 atom stereocenters. The van der Waals surface area contributed by atoms with Crippen LogP contribution in [0, 0.1) is 11.6 Å². The van der Waals surface area contributed by atoms with Crippen LogP contribution in [0.3, 0.4) is 0 Å². The largest absolute Gasteiger partial charge is 0.475 e. The zero-order valence-electron chi connectivity index (χ0n) is 21.7. The maximum Gasteiger partial charge on any atom is 0.216 e. The van der Waals surface area contributed by atoms with Gasteiger partial charge >= 0.3 is 0 Å². The second-order valence-electron chi connectivity index (χ2n) is 9.77. The van der Waals surface area contributed by atoms with Crippen molar-refractivity contribution in [3.8, 4) is 0 Å². The van der Waals surface area contributed by atoms with Crippen molar-refractivity contribution in [3.63, 3.8) is 0 Å². The minimum absolute atomic E-state index is 0.0290. The Morgan fingerprint density at radius 1 is 1.13 bits per heavy atom. The number of carbonyl (C=O) groups is 1. The van der Waals surface area contributed by atoms with E-state index in [1.54, 1.807) is 6.20 Å². The number of ketones is 1. The van der Waals surface area contributed by atoms with Crippen molar-refractivity contribution in [1.29, 1.82) is 0 Å². The zero-order chi connectivity index (χ0) is 26.8. The van der Waals surface area contributed by atoms with Crippen molar-refractivity contribution in [2.24, 2.45) is 4.99 Å². The van der Waals surface area contributed by atoms with Crippen LogP contribution in [0.1, 0.15) is 60.4 Å². The van der Waals surface area contributed by atoms with E-state index in [2.05, 4.69) is 35.6 Å². The van der Waals surface area contributed by atoms with Gasteiger partial charge in [-0.3, -0.25) is 9.78 Å². The van der Waals surface area contributed by atoms with Crippen LogP contribution in [-0.4, -0.2) is 40.4 Å². The van der Waals surface area contributed by atoms with Crippen LogP contribution in [0.5, 0.6) is 0 Å². The number of rotatable bonds is 9. The van der Waals surface area contributed by atoms with Crippen molar-refractivity contribution < 1.29 is 18.3 Å². The summed E-state index contributed by atoms with van der Waals surface area (Å²) in [5, 5.41) is 3.77. The van der Waals surface area contributed by atoms with E-state index in [0.29, 0.717) is 30.3 Å². The Bertz CT molecular complexity index is 1510. The lowest BCUT2D eigenvalue weighted by molar-refractivity contribution is 0.101. The molecular formula is C30H30F2N4O2. The summed E-state index contributed by atoms with van der Waals surface area (Å²) in [7, 11) is 0. The number of hydrogen-bond acceptors (Lipinski definition) is 5. The molecule has 0 aliphatic carbocycles. The molecule has 196 valence electrons. The van der Waals surface area contributed by atoms with Crippen LogP contribution in [0.2, 0.25) is 0 Å². The molecule has 8 heteroatoms. The molecule has 3 heterocycles. The molecule has 0 bridgehead atoms. The summed E-state index contributed by atoms with van der Waals surface area (Å²) in [6, 6.07) is 15.3. The first-order valence-corrected chi connectivity index (χ1v) is 12.8. The predicted octanol–water partition coefficient (Wildman–Crippen LogP) is 6.34. The number of ether oxygens (including phenoxy) is 1. The number of Topliss-reactive ketones (excluding diaryl/α,β-unsaturated/α-hetero) is 1. The van der Waals surface area contributed by atoms with Crippen LogP contribution < -0.4 is 5.32 Å². The number of fused-ring (bicyclic) bond motifs is 1. The summed E-state index contributed by atoms with van der Waals surface area (Å²) >= 11 is 0. The smallest absolute Gasteiger partial charge is 0.216 e. The summed E-state index contributed by atoms with van der Waals surface area (Å²) in [5.41, 5.74) is 4.46. The fourth-order valence-electron chi connectivity index (χ4n) is 4.88. The molecule has 0 unspecified atom stereocenters. The highest BCUT2D eigenvalue weighted by Crippen LogP contribution is 2.34. The monoisotopic (exact) mass is 516 g/mol. The average Bonchev–Trinajstić information content (AvgIpc) is 3.53. The van der Waals surface area contributed by atoms with Crippen molar-refractivity contribution in [1.82, 2.24) is 9.55 Å². The van der Waals surface area contributed by atoms with E-state index in [9.17, 15) is 13.6 Å². The third-order valence-electron chi connectivity index (χ3n) is 6.78. The van der Waals surface area contributed by atoms with Crippen molar-refractivity contribution >= 4 is 28.3 Å². The Hall–Kier alpha value is -4.07. The summed E-state index contributed by atoms with van der Waals surface area (Å²) in [6.45, 7) is 7.18. The Kier molecular flexibility index (Phi) is 7.22. The van der Waals surface area contributed by atoms with Crippen molar-refractivity contribution in [2.75, 3.05) is 18.5 Å². The first kappa shape index (κ1) is 25.6. The molecule has 5 rings (SSSR count). The van der Waals surface area contributed by atoms with Crippen LogP contribution in [0.15, 0.2) is 65.8 Å². The average molecular weight is 517 g/mol. The quantitative estimate of drug-likeness (QED) is 0.264. The number of pyridine rings is 1. The molecule has 0 amide bonds. The van der Waals surface area contributed by atoms with Gasteiger partial charge < -0.3 is 14.6 Å². The highest BCUT2D eigenvalue weighted by molar-refractivity contribution is 6.12.